The molecule has 0 unspecified atom stereocenters. The number of halogens is 1. The summed E-state index contributed by atoms with van der Waals surface area (Å²) in [6.45, 7) is 0.841. The third kappa shape index (κ3) is 2.46. The van der Waals surface area contributed by atoms with Gasteiger partial charge in [-0.25, -0.2) is 0 Å². The summed E-state index contributed by atoms with van der Waals surface area (Å²) in [5.74, 6) is 0. The lowest BCUT2D eigenvalue weighted by Crippen LogP contribution is -2.00. The number of nitrogens with one attached hydrogen (secondary N) is 1. The maximum atomic E-state index is 4.08. The third-order valence-electron chi connectivity index (χ3n) is 3.83. The first-order valence-electron chi connectivity index (χ1n) is 7.13. The van der Waals surface area contributed by atoms with Crippen LogP contribution in [-0.2, 0) is 6.54 Å². The van der Waals surface area contributed by atoms with E-state index in [9.17, 15) is 0 Å². The van der Waals surface area contributed by atoms with Crippen molar-refractivity contribution in [3.8, 4) is 11.3 Å². The Kier molecular flexibility index (Phi) is 3.31. The minimum Gasteiger partial charge on any atom is -0.343 e. The van der Waals surface area contributed by atoms with Gasteiger partial charge in [-0.05, 0) is 41.5 Å². The summed E-state index contributed by atoms with van der Waals surface area (Å²) in [7, 11) is 0. The molecule has 2 aromatic carbocycles. The molecule has 108 valence electrons. The first-order chi connectivity index (χ1) is 10.8. The van der Waals surface area contributed by atoms with Crippen LogP contribution in [0.2, 0.25) is 0 Å². The van der Waals surface area contributed by atoms with Crippen LogP contribution in [0.3, 0.4) is 0 Å². The number of benzene rings is 2. The Bertz CT molecular complexity index is 919. The lowest BCUT2D eigenvalue weighted by atomic mass is 10.1. The zero-order valence-electron chi connectivity index (χ0n) is 11.8. The minimum absolute atomic E-state index is 0.841. The van der Waals surface area contributed by atoms with Crippen LogP contribution in [0.4, 0.5) is 0 Å². The van der Waals surface area contributed by atoms with E-state index in [-0.39, 0.29) is 0 Å². The smallest absolute Gasteiger partial charge is 0.0653 e. The van der Waals surface area contributed by atoms with E-state index in [0.29, 0.717) is 0 Å². The average molecular weight is 352 g/mol. The van der Waals surface area contributed by atoms with Crippen LogP contribution >= 0.6 is 15.9 Å². The van der Waals surface area contributed by atoms with Crippen molar-refractivity contribution in [1.82, 2.24) is 14.8 Å². The van der Waals surface area contributed by atoms with Crippen molar-refractivity contribution in [2.24, 2.45) is 0 Å². The normalized spacial score (nSPS) is 11.1. The van der Waals surface area contributed by atoms with E-state index in [0.717, 1.165) is 21.9 Å². The highest BCUT2D eigenvalue weighted by Gasteiger charge is 2.05. The molecule has 0 amide bonds. The Labute approximate surface area is 136 Å². The van der Waals surface area contributed by atoms with Crippen LogP contribution in [0, 0.1) is 0 Å². The second-order valence-corrected chi connectivity index (χ2v) is 6.24. The lowest BCUT2D eigenvalue weighted by Gasteiger charge is -2.10. The summed E-state index contributed by atoms with van der Waals surface area (Å²) in [6.07, 6.45) is 3.97. The summed E-state index contributed by atoms with van der Waals surface area (Å²) in [5, 5.41) is 8.25. The molecule has 0 saturated heterocycles. The van der Waals surface area contributed by atoms with Gasteiger partial charge in [0.2, 0.25) is 0 Å². The fourth-order valence-corrected chi connectivity index (χ4v) is 2.98. The van der Waals surface area contributed by atoms with Crippen molar-refractivity contribution in [3.05, 3.63) is 77.0 Å². The number of aromatic amines is 1. The van der Waals surface area contributed by atoms with Gasteiger partial charge in [-0.3, -0.25) is 5.10 Å². The highest BCUT2D eigenvalue weighted by Crippen LogP contribution is 2.24. The van der Waals surface area contributed by atoms with E-state index >= 15 is 0 Å². The first kappa shape index (κ1) is 13.3. The van der Waals surface area contributed by atoms with E-state index in [4.69, 9.17) is 0 Å². The molecule has 0 spiro atoms. The highest BCUT2D eigenvalue weighted by atomic mass is 79.9. The van der Waals surface area contributed by atoms with Crippen molar-refractivity contribution in [3.63, 3.8) is 0 Å². The molecule has 0 bridgehead atoms. The molecule has 4 aromatic rings. The molecule has 2 aromatic heterocycles. The van der Waals surface area contributed by atoms with Crippen LogP contribution in [0.15, 0.2) is 71.5 Å². The maximum Gasteiger partial charge on any atom is 0.0653 e. The number of hydrogen-bond donors (Lipinski definition) is 1. The Morgan fingerprint density at radius 2 is 1.91 bits per heavy atom. The molecular formula is C18H14BrN3. The number of hydrogen-bond acceptors (Lipinski definition) is 1. The van der Waals surface area contributed by atoms with Gasteiger partial charge in [0.15, 0.2) is 0 Å². The lowest BCUT2D eigenvalue weighted by molar-refractivity contribution is 0.815. The predicted molar refractivity (Wildman–Crippen MR) is 92.8 cm³/mol. The van der Waals surface area contributed by atoms with E-state index in [1.807, 2.05) is 6.20 Å². The molecule has 4 heteroatoms. The van der Waals surface area contributed by atoms with Gasteiger partial charge in [-0.15, -0.1) is 0 Å². The molecule has 3 nitrogen and oxygen atoms in total. The van der Waals surface area contributed by atoms with Gasteiger partial charge in [0.05, 0.1) is 11.7 Å². The van der Waals surface area contributed by atoms with Crippen LogP contribution < -0.4 is 0 Å². The third-order valence-corrected chi connectivity index (χ3v) is 4.36. The number of H-pyrrole nitrogens is 1. The molecule has 0 aliphatic carbocycles. The number of aromatic nitrogens is 3. The molecular weight excluding hydrogens is 338 g/mol. The largest absolute Gasteiger partial charge is 0.343 e. The van der Waals surface area contributed by atoms with E-state index in [1.54, 1.807) is 0 Å². The van der Waals surface area contributed by atoms with Crippen molar-refractivity contribution < 1.29 is 0 Å². The Balaban J connectivity index is 1.68. The first-order valence-corrected chi connectivity index (χ1v) is 7.92. The van der Waals surface area contributed by atoms with Crippen LogP contribution in [0.25, 0.3) is 22.2 Å². The highest BCUT2D eigenvalue weighted by molar-refractivity contribution is 9.10. The number of fused-ring (bicyclic) bond motifs is 1. The summed E-state index contributed by atoms with van der Waals surface area (Å²) >= 11 is 3.48. The molecule has 1 N–H and O–H groups in total. The fourth-order valence-electron chi connectivity index (χ4n) is 2.71. The van der Waals surface area contributed by atoms with Gasteiger partial charge in [-0.2, -0.15) is 5.10 Å². The summed E-state index contributed by atoms with van der Waals surface area (Å²) in [4.78, 5) is 0. The van der Waals surface area contributed by atoms with Gasteiger partial charge < -0.3 is 4.57 Å². The van der Waals surface area contributed by atoms with Crippen molar-refractivity contribution in [2.45, 2.75) is 6.54 Å². The van der Waals surface area contributed by atoms with Gasteiger partial charge in [-0.1, -0.05) is 40.2 Å². The summed E-state index contributed by atoms with van der Waals surface area (Å²) in [5.41, 5.74) is 4.77. The standard InChI is InChI=1S/C18H14BrN3/c19-16-7-5-14(6-8-16)18-2-1-9-22(18)12-13-3-4-15-11-20-21-17(15)10-13/h1-11H,12H2,(H,20,21). The van der Waals surface area contributed by atoms with E-state index in [2.05, 4.69) is 91.5 Å². The molecule has 0 atom stereocenters. The fraction of sp³-hybridized carbons (Fsp3) is 0.0556. The second-order valence-electron chi connectivity index (χ2n) is 5.32. The van der Waals surface area contributed by atoms with Gasteiger partial charge in [0, 0.05) is 28.3 Å². The topological polar surface area (TPSA) is 33.6 Å². The minimum atomic E-state index is 0.841. The zero-order valence-corrected chi connectivity index (χ0v) is 13.4. The number of nitrogens with zero attached hydrogens (tertiary/aromatic N) is 2. The molecule has 0 fully saturated rings. The van der Waals surface area contributed by atoms with Crippen molar-refractivity contribution in [1.29, 1.82) is 0 Å². The maximum absolute atomic E-state index is 4.08. The molecule has 22 heavy (non-hydrogen) atoms. The zero-order chi connectivity index (χ0) is 14.9. The second kappa shape index (κ2) is 5.46. The van der Waals surface area contributed by atoms with Gasteiger partial charge >= 0.3 is 0 Å². The Morgan fingerprint density at radius 3 is 2.77 bits per heavy atom. The van der Waals surface area contributed by atoms with Crippen molar-refractivity contribution >= 4 is 26.8 Å². The van der Waals surface area contributed by atoms with Crippen LogP contribution in [0.1, 0.15) is 5.56 Å². The average Bonchev–Trinajstić information content (AvgIpc) is 3.17. The monoisotopic (exact) mass is 351 g/mol. The Hall–Kier alpha value is -2.33. The molecule has 0 aliphatic rings. The molecule has 0 radical (unpaired) electrons. The van der Waals surface area contributed by atoms with Crippen molar-refractivity contribution in [2.75, 3.05) is 0 Å². The molecule has 2 heterocycles. The van der Waals surface area contributed by atoms with Crippen LogP contribution in [0.5, 0.6) is 0 Å². The quantitative estimate of drug-likeness (QED) is 0.562. The molecule has 0 saturated carbocycles. The summed E-state index contributed by atoms with van der Waals surface area (Å²) < 4.78 is 3.36. The number of rotatable bonds is 3. The van der Waals surface area contributed by atoms with E-state index < -0.39 is 0 Å². The van der Waals surface area contributed by atoms with Gasteiger partial charge in [0.25, 0.3) is 0 Å². The SMILES string of the molecule is Brc1ccc(-c2cccn2Cc2ccc3cn[nH]c3c2)cc1. The van der Waals surface area contributed by atoms with Gasteiger partial charge in [0.1, 0.15) is 0 Å². The van der Waals surface area contributed by atoms with E-state index in [1.165, 1.54) is 16.8 Å². The molecule has 4 rings (SSSR count). The Morgan fingerprint density at radius 1 is 1.05 bits per heavy atom. The van der Waals surface area contributed by atoms with Crippen LogP contribution in [-0.4, -0.2) is 14.8 Å². The summed E-state index contributed by atoms with van der Waals surface area (Å²) in [6, 6.07) is 19.1. The predicted octanol–water partition coefficient (Wildman–Crippen LogP) is 4.84. The molecule has 0 aliphatic heterocycles.